The number of fused-ring (bicyclic) bond motifs is 3. The van der Waals surface area contributed by atoms with Crippen LogP contribution in [-0.4, -0.2) is 77.0 Å². The molecule has 1 N–H and O–H groups in total. The molecule has 7 rings (SSSR count). The molecule has 2 saturated heterocycles. The second-order valence-electron chi connectivity index (χ2n) is 12.4. The number of benzene rings is 2. The number of hydrogen-bond donors (Lipinski definition) is 1. The van der Waals surface area contributed by atoms with Gasteiger partial charge in [0.25, 0.3) is 0 Å². The largest absolute Gasteiger partial charge is 0.508 e. The van der Waals surface area contributed by atoms with Crippen LogP contribution in [0.25, 0.3) is 32.9 Å². The fourth-order valence-electron chi connectivity index (χ4n) is 7.82. The number of terminal acetylenes is 1. The maximum absolute atomic E-state index is 16.8. The predicted octanol–water partition coefficient (Wildman–Crippen LogP) is 6.07. The van der Waals surface area contributed by atoms with E-state index in [9.17, 15) is 9.50 Å². The highest BCUT2D eigenvalue weighted by atomic mass is 19.1. The molecule has 8 nitrogen and oxygen atoms in total. The quantitative estimate of drug-likeness (QED) is 0.263. The molecule has 2 atom stereocenters. The lowest BCUT2D eigenvalue weighted by molar-refractivity contribution is 0.00248. The Bertz CT molecular complexity index is 1800. The number of likely N-dealkylation sites (tertiary alicyclic amines) is 1. The summed E-state index contributed by atoms with van der Waals surface area (Å²) in [5, 5.41) is 11.7. The summed E-state index contributed by atoms with van der Waals surface area (Å²) < 4.78 is 43.7. The smallest absolute Gasteiger partial charge is 0.319 e. The van der Waals surface area contributed by atoms with Crippen LogP contribution in [0.15, 0.2) is 30.5 Å². The molecular formula is C35H37F2N5O3. The van der Waals surface area contributed by atoms with E-state index in [1.807, 2.05) is 0 Å². The summed E-state index contributed by atoms with van der Waals surface area (Å²) in [6.07, 6.45) is 13.6. The number of aromatic nitrogens is 3. The van der Waals surface area contributed by atoms with Crippen molar-refractivity contribution in [3.63, 3.8) is 0 Å². The molecule has 4 heterocycles. The Balaban J connectivity index is 1.36. The summed E-state index contributed by atoms with van der Waals surface area (Å²) in [6, 6.07) is 6.13. The average Bonchev–Trinajstić information content (AvgIpc) is 3.30. The van der Waals surface area contributed by atoms with Crippen molar-refractivity contribution >= 4 is 27.5 Å². The van der Waals surface area contributed by atoms with Crippen molar-refractivity contribution in [2.75, 3.05) is 50.9 Å². The summed E-state index contributed by atoms with van der Waals surface area (Å²) >= 11 is 0. The minimum atomic E-state index is -0.724. The van der Waals surface area contributed by atoms with Gasteiger partial charge in [-0.05, 0) is 68.8 Å². The van der Waals surface area contributed by atoms with Gasteiger partial charge in [-0.2, -0.15) is 9.97 Å². The molecule has 10 heteroatoms. The molecule has 0 spiro atoms. The number of hydrogen-bond acceptors (Lipinski definition) is 8. The van der Waals surface area contributed by atoms with Gasteiger partial charge in [0.15, 0.2) is 5.82 Å². The minimum absolute atomic E-state index is 0.0152. The Morgan fingerprint density at radius 2 is 1.98 bits per heavy atom. The predicted molar refractivity (Wildman–Crippen MR) is 169 cm³/mol. The molecule has 2 aliphatic heterocycles. The maximum Gasteiger partial charge on any atom is 0.319 e. The zero-order valence-corrected chi connectivity index (χ0v) is 25.5. The second kappa shape index (κ2) is 12.0. The number of aromatic hydroxyl groups is 1. The van der Waals surface area contributed by atoms with Gasteiger partial charge >= 0.3 is 6.01 Å². The first-order valence-electron chi connectivity index (χ1n) is 15.9. The number of phenols is 1. The Hall–Kier alpha value is -4.07. The van der Waals surface area contributed by atoms with Crippen LogP contribution in [-0.2, 0) is 4.74 Å². The Kier molecular flexibility index (Phi) is 7.92. The van der Waals surface area contributed by atoms with E-state index in [2.05, 4.69) is 32.6 Å². The third-order valence-electron chi connectivity index (χ3n) is 9.93. The van der Waals surface area contributed by atoms with E-state index in [4.69, 9.17) is 20.9 Å². The van der Waals surface area contributed by atoms with E-state index >= 15 is 4.39 Å². The van der Waals surface area contributed by atoms with E-state index in [1.54, 1.807) is 0 Å². The molecule has 0 amide bonds. The fourth-order valence-corrected chi connectivity index (χ4v) is 7.82. The number of phenolic OH excluding ortho intramolecular Hbond substituents is 1. The van der Waals surface area contributed by atoms with Gasteiger partial charge in [0.1, 0.15) is 28.6 Å². The molecule has 1 saturated carbocycles. The summed E-state index contributed by atoms with van der Waals surface area (Å²) in [7, 11) is 0. The zero-order valence-electron chi connectivity index (χ0n) is 25.5. The van der Waals surface area contributed by atoms with Gasteiger partial charge in [0.2, 0.25) is 0 Å². The standard InChI is InChI=1S/C35H37F2N5O3/c1-3-24-27(36)10-9-22-18-23(43)19-25(29(22)24)31-30(37)32-26(20-38-31)33(42-14-7-16-44-17-15-42)40-34(39-32)45-21-35-11-5-8-28(35)41(4-2)13-6-12-35/h1,9-10,18-20,28,43H,4-8,11-17,21H2,2H3/t28-,35?/m1/s1. The number of rotatable bonds is 6. The lowest BCUT2D eigenvalue weighted by Crippen LogP contribution is -2.51. The summed E-state index contributed by atoms with van der Waals surface area (Å²) in [5.41, 5.74) is 0.110. The van der Waals surface area contributed by atoms with Gasteiger partial charge in [-0.3, -0.25) is 9.88 Å². The number of pyridine rings is 1. The van der Waals surface area contributed by atoms with Gasteiger partial charge in [-0.15, -0.1) is 6.42 Å². The SMILES string of the molecule is C#Cc1c(F)ccc2cc(O)cc(-c3ncc4c(N5CCCOCC5)nc(OCC56CCC[C@H]5N(CC)CCC6)nc4c3F)c12. The molecule has 45 heavy (non-hydrogen) atoms. The molecule has 234 valence electrons. The van der Waals surface area contributed by atoms with Crippen molar-refractivity contribution in [1.29, 1.82) is 0 Å². The molecule has 0 bridgehead atoms. The van der Waals surface area contributed by atoms with Crippen LogP contribution < -0.4 is 9.64 Å². The molecule has 4 aromatic rings. The van der Waals surface area contributed by atoms with Gasteiger partial charge in [-0.1, -0.05) is 25.3 Å². The third-order valence-corrected chi connectivity index (χ3v) is 9.93. The van der Waals surface area contributed by atoms with Crippen molar-refractivity contribution in [2.45, 2.75) is 51.5 Å². The maximum atomic E-state index is 16.8. The lowest BCUT2D eigenvalue weighted by atomic mass is 9.75. The molecule has 2 aromatic heterocycles. The van der Waals surface area contributed by atoms with E-state index in [0.717, 1.165) is 51.6 Å². The normalized spacial score (nSPS) is 22.4. The van der Waals surface area contributed by atoms with E-state index in [0.29, 0.717) is 60.9 Å². The molecule has 2 aromatic carbocycles. The second-order valence-corrected chi connectivity index (χ2v) is 12.4. The Morgan fingerprint density at radius 3 is 2.82 bits per heavy atom. The number of halogens is 2. The van der Waals surface area contributed by atoms with E-state index in [-0.39, 0.29) is 39.5 Å². The molecule has 1 aliphatic carbocycles. The van der Waals surface area contributed by atoms with Crippen LogP contribution in [0.4, 0.5) is 14.6 Å². The van der Waals surface area contributed by atoms with Crippen LogP contribution in [0.2, 0.25) is 0 Å². The average molecular weight is 614 g/mol. The van der Waals surface area contributed by atoms with Crippen molar-refractivity contribution in [2.24, 2.45) is 5.41 Å². The highest BCUT2D eigenvalue weighted by Crippen LogP contribution is 2.48. The van der Waals surface area contributed by atoms with Crippen LogP contribution in [0.3, 0.4) is 0 Å². The third kappa shape index (κ3) is 5.22. The van der Waals surface area contributed by atoms with E-state index in [1.165, 1.54) is 30.5 Å². The number of nitrogens with zero attached hydrogens (tertiary/aromatic N) is 5. The molecule has 3 aliphatic rings. The summed E-state index contributed by atoms with van der Waals surface area (Å²) in [6.45, 7) is 7.19. The monoisotopic (exact) mass is 613 g/mol. The van der Waals surface area contributed by atoms with Gasteiger partial charge in [0.05, 0.1) is 24.2 Å². The number of ether oxygens (including phenoxy) is 2. The van der Waals surface area contributed by atoms with Crippen LogP contribution in [0, 0.1) is 29.4 Å². The molecular weight excluding hydrogens is 576 g/mol. The van der Waals surface area contributed by atoms with Crippen molar-refractivity contribution in [1.82, 2.24) is 19.9 Å². The summed E-state index contributed by atoms with van der Waals surface area (Å²) in [5.74, 6) is 1.47. The van der Waals surface area contributed by atoms with Crippen LogP contribution in [0.1, 0.15) is 51.0 Å². The highest BCUT2D eigenvalue weighted by Gasteiger charge is 2.48. The van der Waals surface area contributed by atoms with Crippen LogP contribution >= 0.6 is 0 Å². The highest BCUT2D eigenvalue weighted by molar-refractivity contribution is 6.03. The van der Waals surface area contributed by atoms with Crippen molar-refractivity contribution in [3.05, 3.63) is 47.7 Å². The first kappa shape index (κ1) is 29.6. The van der Waals surface area contributed by atoms with Gasteiger partial charge < -0.3 is 19.5 Å². The van der Waals surface area contributed by atoms with Crippen molar-refractivity contribution in [3.8, 4) is 35.4 Å². The van der Waals surface area contributed by atoms with Gasteiger partial charge in [-0.25, -0.2) is 8.78 Å². The molecule has 3 fully saturated rings. The van der Waals surface area contributed by atoms with Crippen molar-refractivity contribution < 1.29 is 23.4 Å². The van der Waals surface area contributed by atoms with Gasteiger partial charge in [0, 0.05) is 48.3 Å². The Labute approximate surface area is 261 Å². The molecule has 1 unspecified atom stereocenters. The Morgan fingerprint density at radius 1 is 1.11 bits per heavy atom. The topological polar surface area (TPSA) is 83.8 Å². The number of piperidine rings is 1. The molecule has 0 radical (unpaired) electrons. The van der Waals surface area contributed by atoms with E-state index < -0.39 is 11.6 Å². The lowest BCUT2D eigenvalue weighted by Gasteiger charge is -2.45. The first-order chi connectivity index (χ1) is 21.9. The summed E-state index contributed by atoms with van der Waals surface area (Å²) in [4.78, 5) is 18.6. The zero-order chi connectivity index (χ0) is 31.1. The van der Waals surface area contributed by atoms with Crippen LogP contribution in [0.5, 0.6) is 11.8 Å². The first-order valence-corrected chi connectivity index (χ1v) is 15.9. The number of anilines is 1. The fraction of sp³-hybridized carbons (Fsp3) is 0.457. The minimum Gasteiger partial charge on any atom is -0.508 e.